The summed E-state index contributed by atoms with van der Waals surface area (Å²) >= 11 is 0. The van der Waals surface area contributed by atoms with Crippen LogP contribution in [0.15, 0.2) is 18.2 Å². The number of nitrogens with one attached hydrogen (secondary N) is 5. The van der Waals surface area contributed by atoms with Crippen LogP contribution < -0.4 is 26.8 Å². The summed E-state index contributed by atoms with van der Waals surface area (Å²) in [6, 6.07) is 4.31. The van der Waals surface area contributed by atoms with Crippen molar-refractivity contribution in [2.45, 2.75) is 97.6 Å². The second-order valence-electron chi connectivity index (χ2n) is 12.6. The van der Waals surface area contributed by atoms with E-state index in [0.29, 0.717) is 18.4 Å². The van der Waals surface area contributed by atoms with E-state index >= 15 is 0 Å². The molecule has 0 bridgehead atoms. The number of benzene rings is 1. The first-order chi connectivity index (χ1) is 24.0. The van der Waals surface area contributed by atoms with Gasteiger partial charge in [0.15, 0.2) is 0 Å². The SMILES string of the molecule is COC(=O)c1ccc(CNC(=O)CCCC(=O)NCCN(CCNC(=O)CCCC(C)=O)C(=O)CCCC(=O)NNC(=O)OC(C)(C)C)cc1O. The number of nitrogens with zero attached hydrogens (tertiary/aromatic N) is 1. The molecular weight excluding hydrogens is 668 g/mol. The van der Waals surface area contributed by atoms with E-state index in [0.717, 1.165) is 0 Å². The molecule has 0 radical (unpaired) electrons. The van der Waals surface area contributed by atoms with Crippen LogP contribution in [0.4, 0.5) is 4.79 Å². The molecule has 0 saturated heterocycles. The van der Waals surface area contributed by atoms with Gasteiger partial charge in [0.05, 0.1) is 7.11 Å². The normalized spacial score (nSPS) is 10.7. The lowest BCUT2D eigenvalue weighted by Crippen LogP contribution is -2.44. The smallest absolute Gasteiger partial charge is 0.426 e. The molecule has 0 fully saturated rings. The van der Waals surface area contributed by atoms with Gasteiger partial charge in [0, 0.05) is 71.2 Å². The molecule has 0 aliphatic rings. The second kappa shape index (κ2) is 23.2. The molecule has 0 aliphatic heterocycles. The van der Waals surface area contributed by atoms with Crippen molar-refractivity contribution in [1.82, 2.24) is 31.7 Å². The fraction of sp³-hybridized carbons (Fsp3) is 0.588. The summed E-state index contributed by atoms with van der Waals surface area (Å²) in [5, 5.41) is 18.1. The highest BCUT2D eigenvalue weighted by molar-refractivity contribution is 5.92. The van der Waals surface area contributed by atoms with Gasteiger partial charge in [-0.3, -0.25) is 29.4 Å². The number of ketones is 1. The fourth-order valence-corrected chi connectivity index (χ4v) is 4.41. The number of carbonyl (C=O) groups is 8. The van der Waals surface area contributed by atoms with Crippen LogP contribution in [0.2, 0.25) is 0 Å². The average Bonchev–Trinajstić information content (AvgIpc) is 3.04. The number of phenolic OH excluding ortho intramolecular Hbond substituents is 1. The van der Waals surface area contributed by atoms with E-state index in [4.69, 9.17) is 4.74 Å². The molecule has 0 atom stereocenters. The summed E-state index contributed by atoms with van der Waals surface area (Å²) < 4.78 is 9.62. The summed E-state index contributed by atoms with van der Waals surface area (Å²) in [5.41, 5.74) is 4.19. The van der Waals surface area contributed by atoms with Crippen molar-refractivity contribution in [2.75, 3.05) is 33.3 Å². The maximum absolute atomic E-state index is 13.0. The Kier molecular flexibility index (Phi) is 20.0. The highest BCUT2D eigenvalue weighted by Gasteiger charge is 2.18. The molecule has 51 heavy (non-hydrogen) atoms. The molecule has 0 aromatic heterocycles. The number of phenols is 1. The summed E-state index contributed by atoms with van der Waals surface area (Å²) in [4.78, 5) is 97.7. The van der Waals surface area contributed by atoms with E-state index in [1.807, 2.05) is 0 Å². The molecule has 6 amide bonds. The molecule has 0 spiro atoms. The minimum absolute atomic E-state index is 0.00545. The second-order valence-corrected chi connectivity index (χ2v) is 12.6. The molecule has 284 valence electrons. The first-order valence-corrected chi connectivity index (χ1v) is 16.8. The van der Waals surface area contributed by atoms with Gasteiger partial charge in [0.25, 0.3) is 0 Å². The quantitative estimate of drug-likeness (QED) is 0.0786. The van der Waals surface area contributed by atoms with Crippen LogP contribution in [-0.4, -0.2) is 96.3 Å². The Hall–Kier alpha value is -5.22. The van der Waals surface area contributed by atoms with Crippen molar-refractivity contribution in [1.29, 1.82) is 0 Å². The molecule has 17 heteroatoms. The Morgan fingerprint density at radius 1 is 0.725 bits per heavy atom. The average molecular weight is 721 g/mol. The van der Waals surface area contributed by atoms with Gasteiger partial charge in [0.2, 0.25) is 29.5 Å². The first-order valence-electron chi connectivity index (χ1n) is 16.8. The van der Waals surface area contributed by atoms with E-state index in [1.54, 1.807) is 26.8 Å². The molecule has 0 unspecified atom stereocenters. The van der Waals surface area contributed by atoms with Gasteiger partial charge in [-0.05, 0) is 64.7 Å². The van der Waals surface area contributed by atoms with Gasteiger partial charge in [-0.1, -0.05) is 6.07 Å². The van der Waals surface area contributed by atoms with Crippen molar-refractivity contribution in [3.8, 4) is 5.75 Å². The van der Waals surface area contributed by atoms with E-state index in [1.165, 1.54) is 31.1 Å². The van der Waals surface area contributed by atoms with Gasteiger partial charge in [-0.25, -0.2) is 15.0 Å². The number of methoxy groups -OCH3 is 1. The lowest BCUT2D eigenvalue weighted by atomic mass is 10.1. The molecule has 6 N–H and O–H groups in total. The van der Waals surface area contributed by atoms with E-state index in [9.17, 15) is 43.5 Å². The maximum Gasteiger partial charge on any atom is 0.426 e. The monoisotopic (exact) mass is 720 g/mol. The molecule has 0 saturated carbocycles. The molecular formula is C34H52N6O11. The van der Waals surface area contributed by atoms with Gasteiger partial charge >= 0.3 is 12.1 Å². The Labute approximate surface area is 297 Å². The molecule has 1 aromatic rings. The van der Waals surface area contributed by atoms with Crippen LogP contribution in [0.25, 0.3) is 0 Å². The van der Waals surface area contributed by atoms with Crippen LogP contribution >= 0.6 is 0 Å². The van der Waals surface area contributed by atoms with Crippen LogP contribution in [0.1, 0.15) is 101 Å². The number of esters is 1. The molecule has 1 rings (SSSR count). The number of carbonyl (C=O) groups excluding carboxylic acids is 8. The zero-order chi connectivity index (χ0) is 38.4. The third kappa shape index (κ3) is 20.8. The summed E-state index contributed by atoms with van der Waals surface area (Å²) in [6.07, 6.45) is 0.534. The highest BCUT2D eigenvalue weighted by atomic mass is 16.6. The lowest BCUT2D eigenvalue weighted by Gasteiger charge is -2.23. The van der Waals surface area contributed by atoms with Gasteiger partial charge in [-0.15, -0.1) is 0 Å². The Morgan fingerprint density at radius 3 is 1.78 bits per heavy atom. The van der Waals surface area contributed by atoms with Gasteiger partial charge in [0.1, 0.15) is 22.7 Å². The van der Waals surface area contributed by atoms with Crippen molar-refractivity contribution in [2.24, 2.45) is 0 Å². The number of amides is 6. The number of hydrogen-bond donors (Lipinski definition) is 6. The number of hydrogen-bond acceptors (Lipinski definition) is 11. The zero-order valence-corrected chi connectivity index (χ0v) is 30.1. The third-order valence-corrected chi connectivity index (χ3v) is 6.96. The van der Waals surface area contributed by atoms with Crippen LogP contribution in [0.3, 0.4) is 0 Å². The van der Waals surface area contributed by atoms with Crippen LogP contribution in [0, 0.1) is 0 Å². The van der Waals surface area contributed by atoms with Crippen molar-refractivity contribution >= 4 is 47.4 Å². The predicted molar refractivity (Wildman–Crippen MR) is 184 cm³/mol. The maximum atomic E-state index is 13.0. The number of ether oxygens (including phenoxy) is 2. The largest absolute Gasteiger partial charge is 0.507 e. The number of aromatic hydroxyl groups is 1. The lowest BCUT2D eigenvalue weighted by molar-refractivity contribution is -0.132. The minimum atomic E-state index is -0.825. The molecule has 0 heterocycles. The molecule has 1 aromatic carbocycles. The molecule has 17 nitrogen and oxygen atoms in total. The summed E-state index contributed by atoms with van der Waals surface area (Å²) in [5.74, 6) is -2.70. The summed E-state index contributed by atoms with van der Waals surface area (Å²) in [7, 11) is 1.20. The van der Waals surface area contributed by atoms with E-state index in [-0.39, 0.29) is 118 Å². The Morgan fingerprint density at radius 2 is 1.25 bits per heavy atom. The van der Waals surface area contributed by atoms with E-state index < -0.39 is 23.6 Å². The van der Waals surface area contributed by atoms with Gasteiger partial charge < -0.3 is 40.2 Å². The Bertz CT molecular complexity index is 1380. The van der Waals surface area contributed by atoms with Crippen molar-refractivity contribution in [3.63, 3.8) is 0 Å². The number of hydrazine groups is 1. The van der Waals surface area contributed by atoms with Crippen LogP contribution in [0.5, 0.6) is 5.75 Å². The van der Waals surface area contributed by atoms with Crippen molar-refractivity contribution < 1.29 is 52.9 Å². The summed E-state index contributed by atoms with van der Waals surface area (Å²) in [6.45, 7) is 7.09. The standard InChI is InChI=1S/C34H52N6O11/c1-23(41)9-6-10-27(43)35-17-19-40(31(47)14-8-13-30(46)38-39-33(49)51-34(2,3)4)20-18-36-28(44)11-7-12-29(45)37-22-24-15-16-25(26(42)21-24)32(48)50-5/h15-16,21,42H,6-14,17-20,22H2,1-5H3,(H,35,43)(H,36,44)(H,37,45)(H,38,46)(H,39,49). The topological polar surface area (TPSA) is 239 Å². The zero-order valence-electron chi connectivity index (χ0n) is 30.1. The number of rotatable bonds is 21. The fourth-order valence-electron chi connectivity index (χ4n) is 4.41. The predicted octanol–water partition coefficient (Wildman–Crippen LogP) is 1.51. The minimum Gasteiger partial charge on any atom is -0.507 e. The van der Waals surface area contributed by atoms with Gasteiger partial charge in [-0.2, -0.15) is 0 Å². The van der Waals surface area contributed by atoms with Crippen LogP contribution in [-0.2, 0) is 44.8 Å². The molecule has 0 aliphatic carbocycles. The number of Topliss-reactive ketones (excluding diaryl/α,β-unsaturated/α-hetero) is 1. The van der Waals surface area contributed by atoms with Crippen molar-refractivity contribution in [3.05, 3.63) is 29.3 Å². The Balaban J connectivity index is 2.52. The van der Waals surface area contributed by atoms with E-state index in [2.05, 4.69) is 31.5 Å². The first kappa shape index (κ1) is 43.8. The third-order valence-electron chi connectivity index (χ3n) is 6.96. The highest BCUT2D eigenvalue weighted by Crippen LogP contribution is 2.19.